The summed E-state index contributed by atoms with van der Waals surface area (Å²) in [4.78, 5) is 0. The predicted molar refractivity (Wildman–Crippen MR) is 123 cm³/mol. The molecule has 4 nitrogen and oxygen atoms in total. The average Bonchev–Trinajstić information content (AvgIpc) is 2.66. The van der Waals surface area contributed by atoms with Gasteiger partial charge in [-0.3, -0.25) is 0 Å². The molecule has 0 radical (unpaired) electrons. The van der Waals surface area contributed by atoms with Gasteiger partial charge in [-0.15, -0.1) is 0 Å². The number of phenolic OH excluding ortho intramolecular Hbond substituents is 4. The molecule has 0 spiro atoms. The van der Waals surface area contributed by atoms with Crippen LogP contribution in [0.25, 0.3) is 6.08 Å². The van der Waals surface area contributed by atoms with Crippen molar-refractivity contribution in [2.45, 2.75) is 77.0 Å². The largest absolute Gasteiger partial charge is 0.508 e. The van der Waals surface area contributed by atoms with Crippen molar-refractivity contribution in [3.8, 4) is 23.0 Å². The Balaban J connectivity index is 1.39. The molecule has 2 aromatic rings. The molecule has 0 fully saturated rings. The van der Waals surface area contributed by atoms with Crippen LogP contribution < -0.4 is 0 Å². The fourth-order valence-corrected chi connectivity index (χ4v) is 3.74. The first-order valence-corrected chi connectivity index (χ1v) is 11.2. The summed E-state index contributed by atoms with van der Waals surface area (Å²) in [5.41, 5.74) is 1.83. The highest BCUT2D eigenvalue weighted by Crippen LogP contribution is 2.23. The van der Waals surface area contributed by atoms with E-state index in [2.05, 4.69) is 6.08 Å². The van der Waals surface area contributed by atoms with Gasteiger partial charge in [0, 0.05) is 12.1 Å². The van der Waals surface area contributed by atoms with Crippen molar-refractivity contribution < 1.29 is 20.4 Å². The summed E-state index contributed by atoms with van der Waals surface area (Å²) in [6, 6.07) is 9.45. The van der Waals surface area contributed by atoms with Crippen molar-refractivity contribution >= 4 is 6.08 Å². The highest BCUT2D eigenvalue weighted by Gasteiger charge is 2.00. The molecule has 0 aliphatic carbocycles. The average molecular weight is 413 g/mol. The lowest BCUT2D eigenvalue weighted by Crippen LogP contribution is -1.87. The zero-order chi connectivity index (χ0) is 21.6. The van der Waals surface area contributed by atoms with Crippen molar-refractivity contribution in [2.75, 3.05) is 0 Å². The smallest absolute Gasteiger partial charge is 0.119 e. The molecule has 0 saturated carbocycles. The molecule has 0 saturated heterocycles. The molecule has 30 heavy (non-hydrogen) atoms. The van der Waals surface area contributed by atoms with Gasteiger partial charge in [-0.1, -0.05) is 63.5 Å². The minimum Gasteiger partial charge on any atom is -0.508 e. The van der Waals surface area contributed by atoms with Crippen LogP contribution in [0.5, 0.6) is 23.0 Å². The predicted octanol–water partition coefficient (Wildman–Crippen LogP) is 7.06. The van der Waals surface area contributed by atoms with E-state index in [0.29, 0.717) is 0 Å². The number of aromatic hydroxyl groups is 4. The van der Waals surface area contributed by atoms with Crippen LogP contribution in [-0.2, 0) is 6.42 Å². The zero-order valence-corrected chi connectivity index (χ0v) is 17.9. The van der Waals surface area contributed by atoms with Gasteiger partial charge in [0.25, 0.3) is 0 Å². The first-order valence-electron chi connectivity index (χ1n) is 11.2. The molecule has 4 heteroatoms. The topological polar surface area (TPSA) is 80.9 Å². The van der Waals surface area contributed by atoms with Crippen LogP contribution in [0.4, 0.5) is 0 Å². The van der Waals surface area contributed by atoms with Crippen LogP contribution in [0.15, 0.2) is 42.5 Å². The summed E-state index contributed by atoms with van der Waals surface area (Å²) in [6.45, 7) is 0. The van der Waals surface area contributed by atoms with Crippen molar-refractivity contribution in [3.63, 3.8) is 0 Å². The molecule has 0 atom stereocenters. The van der Waals surface area contributed by atoms with Crippen LogP contribution in [0.3, 0.4) is 0 Å². The summed E-state index contributed by atoms with van der Waals surface area (Å²) in [7, 11) is 0. The second-order valence-corrected chi connectivity index (χ2v) is 8.12. The van der Waals surface area contributed by atoms with Crippen LogP contribution in [0.1, 0.15) is 81.8 Å². The van der Waals surface area contributed by atoms with E-state index in [1.54, 1.807) is 24.3 Å². The monoisotopic (exact) mass is 412 g/mol. The Kier molecular flexibility index (Phi) is 10.7. The molecular formula is C26H36O4. The second-order valence-electron chi connectivity index (χ2n) is 8.12. The Morgan fingerprint density at radius 3 is 1.47 bits per heavy atom. The normalized spacial score (nSPS) is 11.3. The molecule has 0 aliphatic heterocycles. The molecule has 164 valence electrons. The lowest BCUT2D eigenvalue weighted by molar-refractivity contribution is 0.448. The number of rotatable bonds is 14. The van der Waals surface area contributed by atoms with E-state index in [9.17, 15) is 20.4 Å². The Hall–Kier alpha value is -2.62. The quantitative estimate of drug-likeness (QED) is 0.250. The Morgan fingerprint density at radius 1 is 0.500 bits per heavy atom. The summed E-state index contributed by atoms with van der Waals surface area (Å²) < 4.78 is 0. The number of benzene rings is 2. The van der Waals surface area contributed by atoms with E-state index in [4.69, 9.17) is 0 Å². The number of hydrogen-bond acceptors (Lipinski definition) is 4. The lowest BCUT2D eigenvalue weighted by Gasteiger charge is -2.04. The Labute approximate surface area is 180 Å². The molecule has 0 unspecified atom stereocenters. The van der Waals surface area contributed by atoms with Crippen LogP contribution in [0, 0.1) is 0 Å². The standard InChI is InChI=1S/C26H36O4/c27-23-15-21(16-24(28)19-23)13-11-9-7-5-3-1-2-4-6-8-10-12-14-22-17-25(29)20-26(30)18-22/h11,13,15-20,27-30H,1-10,12,14H2. The SMILES string of the molecule is Oc1cc(O)cc(C=CCCCCCCCCCCCCc2cc(O)cc(O)c2)c1. The lowest BCUT2D eigenvalue weighted by atomic mass is 10.0. The fraction of sp³-hybridized carbons (Fsp3) is 0.462. The number of allylic oxidation sites excluding steroid dienone is 1. The van der Waals surface area contributed by atoms with E-state index in [-0.39, 0.29) is 23.0 Å². The molecule has 0 aliphatic rings. The first-order chi connectivity index (χ1) is 14.5. The highest BCUT2D eigenvalue weighted by molar-refractivity contribution is 5.54. The van der Waals surface area contributed by atoms with E-state index in [0.717, 1.165) is 30.4 Å². The van der Waals surface area contributed by atoms with Crippen LogP contribution >= 0.6 is 0 Å². The Morgan fingerprint density at radius 2 is 0.933 bits per heavy atom. The van der Waals surface area contributed by atoms with Crippen molar-refractivity contribution in [3.05, 3.63) is 53.6 Å². The van der Waals surface area contributed by atoms with Gasteiger partial charge in [-0.2, -0.15) is 0 Å². The zero-order valence-electron chi connectivity index (χ0n) is 17.9. The maximum Gasteiger partial charge on any atom is 0.119 e. The van der Waals surface area contributed by atoms with Crippen molar-refractivity contribution in [1.82, 2.24) is 0 Å². The van der Waals surface area contributed by atoms with Gasteiger partial charge in [0.15, 0.2) is 0 Å². The van der Waals surface area contributed by atoms with E-state index < -0.39 is 0 Å². The fourth-order valence-electron chi connectivity index (χ4n) is 3.74. The third kappa shape index (κ3) is 10.2. The summed E-state index contributed by atoms with van der Waals surface area (Å²) >= 11 is 0. The first kappa shape index (κ1) is 23.7. The number of hydrogen-bond donors (Lipinski definition) is 4. The molecule has 2 rings (SSSR count). The molecule has 0 amide bonds. The molecule has 0 bridgehead atoms. The van der Waals surface area contributed by atoms with Crippen molar-refractivity contribution in [2.24, 2.45) is 0 Å². The number of unbranched alkanes of at least 4 members (excludes halogenated alkanes) is 10. The van der Waals surface area contributed by atoms with Gasteiger partial charge in [0.2, 0.25) is 0 Å². The molecule has 2 aromatic carbocycles. The number of aryl methyl sites for hydroxylation is 1. The van der Waals surface area contributed by atoms with Gasteiger partial charge in [0.1, 0.15) is 23.0 Å². The summed E-state index contributed by atoms with van der Waals surface area (Å²) in [5.74, 6) is 0.452. The van der Waals surface area contributed by atoms with Gasteiger partial charge in [-0.25, -0.2) is 0 Å². The summed E-state index contributed by atoms with van der Waals surface area (Å²) in [5, 5.41) is 37.9. The maximum atomic E-state index is 9.48. The van der Waals surface area contributed by atoms with E-state index in [1.807, 2.05) is 6.08 Å². The van der Waals surface area contributed by atoms with Gasteiger partial charge in [-0.05, 0) is 61.1 Å². The third-order valence-corrected chi connectivity index (χ3v) is 5.28. The minimum atomic E-state index is 0.0893. The molecule has 4 N–H and O–H groups in total. The maximum absolute atomic E-state index is 9.48. The van der Waals surface area contributed by atoms with Gasteiger partial charge in [0.05, 0.1) is 0 Å². The van der Waals surface area contributed by atoms with E-state index >= 15 is 0 Å². The minimum absolute atomic E-state index is 0.0893. The second kappa shape index (κ2) is 13.6. The van der Waals surface area contributed by atoms with Gasteiger partial charge < -0.3 is 20.4 Å². The van der Waals surface area contributed by atoms with E-state index in [1.165, 1.54) is 69.9 Å². The van der Waals surface area contributed by atoms with Gasteiger partial charge >= 0.3 is 0 Å². The Bertz CT molecular complexity index is 742. The molecule has 0 aromatic heterocycles. The van der Waals surface area contributed by atoms with Crippen molar-refractivity contribution in [1.29, 1.82) is 0 Å². The third-order valence-electron chi connectivity index (χ3n) is 5.28. The number of phenols is 4. The molecular weight excluding hydrogens is 376 g/mol. The highest BCUT2D eigenvalue weighted by atomic mass is 16.3. The van der Waals surface area contributed by atoms with Crippen LogP contribution in [0.2, 0.25) is 0 Å². The summed E-state index contributed by atoms with van der Waals surface area (Å²) in [6.07, 6.45) is 18.4. The molecule has 0 heterocycles. The van der Waals surface area contributed by atoms with Crippen LogP contribution in [-0.4, -0.2) is 20.4 Å².